The Hall–Kier alpha value is -0.520. The van der Waals surface area contributed by atoms with Crippen molar-refractivity contribution in [1.82, 2.24) is 0 Å². The van der Waals surface area contributed by atoms with Crippen LogP contribution in [-0.4, -0.2) is 0 Å². The molecule has 21 heavy (non-hydrogen) atoms. The molecule has 1 fully saturated rings. The average molecular weight is 287 g/mol. The van der Waals surface area contributed by atoms with Crippen LogP contribution in [0.3, 0.4) is 0 Å². The maximum atomic E-state index is 2.62. The molecule has 0 bridgehead atoms. The zero-order chi connectivity index (χ0) is 15.3. The predicted octanol–water partition coefficient (Wildman–Crippen LogP) is 6.68. The van der Waals surface area contributed by atoms with Crippen molar-refractivity contribution < 1.29 is 0 Å². The summed E-state index contributed by atoms with van der Waals surface area (Å²) in [4.78, 5) is 0. The first-order valence-corrected chi connectivity index (χ1v) is 9.32. The number of hydrogen-bond acceptors (Lipinski definition) is 0. The molecule has 118 valence electrons. The molecule has 0 aromatic heterocycles. The van der Waals surface area contributed by atoms with Crippen molar-refractivity contribution >= 4 is 0 Å². The lowest BCUT2D eigenvalue weighted by molar-refractivity contribution is -0.00347. The SMILES string of the molecule is CC[C@]1(C)CCC[C@]2(C)C3=C(CC[C@@H]12)C(CC(C)C)=CC3. The Bertz CT molecular complexity index is 478. The molecule has 3 rings (SSSR count). The van der Waals surface area contributed by atoms with Gasteiger partial charge in [-0.2, -0.15) is 0 Å². The van der Waals surface area contributed by atoms with E-state index in [1.165, 1.54) is 51.4 Å². The predicted molar refractivity (Wildman–Crippen MR) is 92.3 cm³/mol. The van der Waals surface area contributed by atoms with Crippen LogP contribution in [0.4, 0.5) is 0 Å². The van der Waals surface area contributed by atoms with Crippen molar-refractivity contribution in [3.63, 3.8) is 0 Å². The van der Waals surface area contributed by atoms with E-state index >= 15 is 0 Å². The molecule has 0 unspecified atom stereocenters. The summed E-state index contributed by atoms with van der Waals surface area (Å²) in [6.07, 6.45) is 13.6. The zero-order valence-corrected chi connectivity index (χ0v) is 14.9. The van der Waals surface area contributed by atoms with Gasteiger partial charge in [0.15, 0.2) is 0 Å². The molecule has 1 saturated carbocycles. The fourth-order valence-corrected chi connectivity index (χ4v) is 5.92. The molecule has 0 aromatic carbocycles. The lowest BCUT2D eigenvalue weighted by Gasteiger charge is -2.56. The number of hydrogen-bond donors (Lipinski definition) is 0. The van der Waals surface area contributed by atoms with Gasteiger partial charge in [-0.1, -0.05) is 59.1 Å². The van der Waals surface area contributed by atoms with E-state index in [1.54, 1.807) is 11.1 Å². The average Bonchev–Trinajstić information content (AvgIpc) is 2.82. The summed E-state index contributed by atoms with van der Waals surface area (Å²) in [7, 11) is 0. The molecule has 0 amide bonds. The fourth-order valence-electron chi connectivity index (χ4n) is 5.92. The summed E-state index contributed by atoms with van der Waals surface area (Å²) in [5.74, 6) is 1.72. The van der Waals surface area contributed by atoms with E-state index in [-0.39, 0.29) is 0 Å². The maximum Gasteiger partial charge on any atom is -0.00738 e. The molecule has 0 heteroatoms. The third kappa shape index (κ3) is 2.34. The number of fused-ring (bicyclic) bond motifs is 2. The third-order valence-electron chi connectivity index (χ3n) is 7.17. The highest BCUT2D eigenvalue weighted by atomic mass is 14.6. The summed E-state index contributed by atoms with van der Waals surface area (Å²) >= 11 is 0. The molecule has 0 aliphatic heterocycles. The van der Waals surface area contributed by atoms with E-state index in [1.807, 2.05) is 5.57 Å². The van der Waals surface area contributed by atoms with Crippen molar-refractivity contribution in [2.75, 3.05) is 0 Å². The van der Waals surface area contributed by atoms with Crippen molar-refractivity contribution in [2.45, 2.75) is 86.0 Å². The van der Waals surface area contributed by atoms with Crippen LogP contribution in [0.2, 0.25) is 0 Å². The van der Waals surface area contributed by atoms with Crippen LogP contribution >= 0.6 is 0 Å². The van der Waals surface area contributed by atoms with Gasteiger partial charge in [0.1, 0.15) is 0 Å². The molecule has 0 heterocycles. The normalized spacial score (nSPS) is 39.3. The molecule has 0 aromatic rings. The molecule has 0 spiro atoms. The minimum atomic E-state index is 0.506. The minimum absolute atomic E-state index is 0.506. The Labute approximate surface area is 132 Å². The Morgan fingerprint density at radius 2 is 2.00 bits per heavy atom. The van der Waals surface area contributed by atoms with Gasteiger partial charge in [-0.3, -0.25) is 0 Å². The highest BCUT2D eigenvalue weighted by Crippen LogP contribution is 2.63. The second-order valence-electron chi connectivity index (χ2n) is 8.86. The zero-order valence-electron chi connectivity index (χ0n) is 14.9. The second kappa shape index (κ2) is 5.28. The van der Waals surface area contributed by atoms with Crippen LogP contribution in [0.25, 0.3) is 0 Å². The Kier molecular flexibility index (Phi) is 3.87. The Morgan fingerprint density at radius 3 is 2.67 bits per heavy atom. The van der Waals surface area contributed by atoms with E-state index in [4.69, 9.17) is 0 Å². The first-order valence-electron chi connectivity index (χ1n) is 9.32. The van der Waals surface area contributed by atoms with Gasteiger partial charge in [0.25, 0.3) is 0 Å². The van der Waals surface area contributed by atoms with Gasteiger partial charge in [-0.25, -0.2) is 0 Å². The quantitative estimate of drug-likeness (QED) is 0.543. The maximum absolute atomic E-state index is 2.62. The van der Waals surface area contributed by atoms with Crippen LogP contribution in [-0.2, 0) is 0 Å². The summed E-state index contributed by atoms with van der Waals surface area (Å²) in [5.41, 5.74) is 6.46. The second-order valence-corrected chi connectivity index (χ2v) is 8.86. The van der Waals surface area contributed by atoms with Gasteiger partial charge in [0.2, 0.25) is 0 Å². The van der Waals surface area contributed by atoms with Gasteiger partial charge in [0.05, 0.1) is 0 Å². The monoisotopic (exact) mass is 286 g/mol. The molecule has 0 N–H and O–H groups in total. The smallest absolute Gasteiger partial charge is 0.00738 e. The summed E-state index contributed by atoms with van der Waals surface area (Å²) in [6, 6.07) is 0. The number of rotatable bonds is 3. The molecular weight excluding hydrogens is 252 g/mol. The number of allylic oxidation sites excluding steroid dienone is 4. The molecule has 0 nitrogen and oxygen atoms in total. The van der Waals surface area contributed by atoms with Gasteiger partial charge >= 0.3 is 0 Å². The third-order valence-corrected chi connectivity index (χ3v) is 7.17. The Morgan fingerprint density at radius 1 is 1.24 bits per heavy atom. The van der Waals surface area contributed by atoms with Gasteiger partial charge < -0.3 is 0 Å². The van der Waals surface area contributed by atoms with Crippen LogP contribution < -0.4 is 0 Å². The fraction of sp³-hybridized carbons (Fsp3) is 0.810. The molecule has 3 atom stereocenters. The molecular formula is C21H34. The molecule has 0 saturated heterocycles. The van der Waals surface area contributed by atoms with Crippen LogP contribution in [0, 0.1) is 22.7 Å². The summed E-state index contributed by atoms with van der Waals surface area (Å²) in [6.45, 7) is 12.3. The van der Waals surface area contributed by atoms with Crippen LogP contribution in [0.5, 0.6) is 0 Å². The Balaban J connectivity index is 1.94. The van der Waals surface area contributed by atoms with E-state index in [2.05, 4.69) is 40.7 Å². The molecule has 3 aliphatic carbocycles. The lowest BCUT2D eigenvalue weighted by atomic mass is 9.49. The van der Waals surface area contributed by atoms with Crippen LogP contribution in [0.1, 0.15) is 86.0 Å². The van der Waals surface area contributed by atoms with Gasteiger partial charge in [0, 0.05) is 0 Å². The van der Waals surface area contributed by atoms with E-state index in [0.717, 1.165) is 11.8 Å². The first kappa shape index (κ1) is 15.4. The first-order chi connectivity index (χ1) is 9.90. The lowest BCUT2D eigenvalue weighted by Crippen LogP contribution is -2.46. The van der Waals surface area contributed by atoms with Gasteiger partial charge in [-0.05, 0) is 72.3 Å². The van der Waals surface area contributed by atoms with E-state index in [9.17, 15) is 0 Å². The van der Waals surface area contributed by atoms with Crippen molar-refractivity contribution in [2.24, 2.45) is 22.7 Å². The molecule has 3 aliphatic rings. The standard InChI is InChI=1S/C21H34/c1-6-20(4)12-7-13-21(5)18-10-8-16(14-15(2)3)17(18)9-11-19(20)21/h8,15,19H,6-7,9-14H2,1-5H3/t19-,20+,21+/m0/s1. The van der Waals surface area contributed by atoms with Gasteiger partial charge in [-0.15, -0.1) is 0 Å². The highest BCUT2D eigenvalue weighted by molar-refractivity contribution is 5.47. The van der Waals surface area contributed by atoms with Crippen molar-refractivity contribution in [1.29, 1.82) is 0 Å². The summed E-state index contributed by atoms with van der Waals surface area (Å²) < 4.78 is 0. The topological polar surface area (TPSA) is 0 Å². The van der Waals surface area contributed by atoms with Crippen molar-refractivity contribution in [3.8, 4) is 0 Å². The molecule has 0 radical (unpaired) electrons. The largest absolute Gasteiger partial charge is 0.0769 e. The minimum Gasteiger partial charge on any atom is -0.0769 e. The summed E-state index contributed by atoms with van der Waals surface area (Å²) in [5, 5.41) is 0. The van der Waals surface area contributed by atoms with Crippen LogP contribution in [0.15, 0.2) is 22.8 Å². The van der Waals surface area contributed by atoms with Crippen molar-refractivity contribution in [3.05, 3.63) is 22.8 Å². The van der Waals surface area contributed by atoms with E-state index < -0.39 is 0 Å². The highest BCUT2D eigenvalue weighted by Gasteiger charge is 2.52. The van der Waals surface area contributed by atoms with E-state index in [0.29, 0.717) is 10.8 Å².